The molecule has 1 N–H and O–H groups in total. The van der Waals surface area contributed by atoms with Crippen LogP contribution in [0, 0.1) is 6.92 Å². The van der Waals surface area contributed by atoms with Gasteiger partial charge in [0, 0.05) is 17.3 Å². The molecule has 0 atom stereocenters. The number of aryl methyl sites for hydroxylation is 1. The first-order valence-electron chi connectivity index (χ1n) is 6.05. The molecule has 0 bridgehead atoms. The quantitative estimate of drug-likeness (QED) is 0.826. The molecule has 1 aromatic heterocycles. The van der Waals surface area contributed by atoms with Crippen LogP contribution in [-0.2, 0) is 0 Å². The normalized spacial score (nSPS) is 10.6. The topological polar surface area (TPSA) is 51.2 Å². The van der Waals surface area contributed by atoms with Crippen LogP contribution in [0.3, 0.4) is 0 Å². The number of pyridine rings is 1. The van der Waals surface area contributed by atoms with Gasteiger partial charge in [-0.25, -0.2) is 4.98 Å². The third kappa shape index (κ3) is 4.29. The highest BCUT2D eigenvalue weighted by molar-refractivity contribution is 6.33. The van der Waals surface area contributed by atoms with Gasteiger partial charge in [0.25, 0.3) is 5.91 Å². The van der Waals surface area contributed by atoms with E-state index < -0.39 is 12.5 Å². The maximum absolute atomic E-state index is 12.3. The molecule has 1 amide bonds. The number of ether oxygens (including phenoxy) is 1. The third-order valence-corrected chi connectivity index (χ3v) is 3.07. The second-order valence-electron chi connectivity index (χ2n) is 4.31. The van der Waals surface area contributed by atoms with E-state index in [1.807, 2.05) is 0 Å². The number of hydrogen-bond acceptors (Lipinski definition) is 3. The minimum atomic E-state index is -2.94. The number of rotatable bonds is 4. The summed E-state index contributed by atoms with van der Waals surface area (Å²) < 4.78 is 29.0. The van der Waals surface area contributed by atoms with Crippen LogP contribution in [0.5, 0.6) is 5.75 Å². The SMILES string of the molecule is Cc1ccc(NC(=O)c2cc(Cl)nc(Cl)c2)cc1OC(F)F. The zero-order valence-corrected chi connectivity index (χ0v) is 12.8. The van der Waals surface area contributed by atoms with Crippen molar-refractivity contribution >= 4 is 34.8 Å². The van der Waals surface area contributed by atoms with E-state index in [2.05, 4.69) is 15.0 Å². The van der Waals surface area contributed by atoms with Crippen molar-refractivity contribution in [1.29, 1.82) is 0 Å². The molecule has 0 spiro atoms. The fourth-order valence-corrected chi connectivity index (χ4v) is 2.16. The molecule has 1 heterocycles. The number of anilines is 1. The Kier molecular flexibility index (Phi) is 5.15. The number of nitrogens with one attached hydrogen (secondary N) is 1. The van der Waals surface area contributed by atoms with Crippen molar-refractivity contribution in [3.05, 3.63) is 51.8 Å². The Balaban J connectivity index is 2.21. The van der Waals surface area contributed by atoms with Crippen molar-refractivity contribution in [3.63, 3.8) is 0 Å². The molecule has 0 saturated heterocycles. The second kappa shape index (κ2) is 6.89. The number of alkyl halides is 2. The monoisotopic (exact) mass is 346 g/mol. The predicted octanol–water partition coefficient (Wildman–Crippen LogP) is 4.55. The Morgan fingerprint density at radius 2 is 1.86 bits per heavy atom. The second-order valence-corrected chi connectivity index (χ2v) is 5.09. The lowest BCUT2D eigenvalue weighted by molar-refractivity contribution is -0.0502. The average Bonchev–Trinajstić information content (AvgIpc) is 2.41. The van der Waals surface area contributed by atoms with Gasteiger partial charge in [0.2, 0.25) is 0 Å². The van der Waals surface area contributed by atoms with Crippen LogP contribution >= 0.6 is 23.2 Å². The van der Waals surface area contributed by atoms with E-state index >= 15 is 0 Å². The summed E-state index contributed by atoms with van der Waals surface area (Å²) in [6.45, 7) is -1.33. The molecular weight excluding hydrogens is 337 g/mol. The van der Waals surface area contributed by atoms with Crippen LogP contribution in [0.1, 0.15) is 15.9 Å². The molecule has 0 unspecified atom stereocenters. The molecule has 0 fully saturated rings. The molecule has 0 aliphatic rings. The summed E-state index contributed by atoms with van der Waals surface area (Å²) >= 11 is 11.4. The Hall–Kier alpha value is -1.92. The van der Waals surface area contributed by atoms with Gasteiger partial charge in [-0.3, -0.25) is 4.79 Å². The van der Waals surface area contributed by atoms with Crippen molar-refractivity contribution in [2.75, 3.05) is 5.32 Å². The van der Waals surface area contributed by atoms with Gasteiger partial charge in [0.05, 0.1) is 0 Å². The maximum atomic E-state index is 12.3. The smallest absolute Gasteiger partial charge is 0.387 e. The molecule has 2 aromatic rings. The fraction of sp³-hybridized carbons (Fsp3) is 0.143. The van der Waals surface area contributed by atoms with E-state index in [9.17, 15) is 13.6 Å². The molecule has 0 aliphatic heterocycles. The molecule has 2 rings (SSSR count). The molecule has 0 radical (unpaired) electrons. The molecule has 0 saturated carbocycles. The van der Waals surface area contributed by atoms with E-state index in [0.717, 1.165) is 0 Å². The number of halogens is 4. The molecule has 0 aliphatic carbocycles. The number of aromatic nitrogens is 1. The van der Waals surface area contributed by atoms with E-state index in [1.54, 1.807) is 19.1 Å². The van der Waals surface area contributed by atoms with Crippen molar-refractivity contribution in [3.8, 4) is 5.75 Å². The largest absolute Gasteiger partial charge is 0.434 e. The van der Waals surface area contributed by atoms with Crippen LogP contribution in [0.25, 0.3) is 0 Å². The molecule has 22 heavy (non-hydrogen) atoms. The number of nitrogens with zero attached hydrogens (tertiary/aromatic N) is 1. The number of amides is 1. The lowest BCUT2D eigenvalue weighted by atomic mass is 10.2. The highest BCUT2D eigenvalue weighted by Crippen LogP contribution is 2.25. The van der Waals surface area contributed by atoms with Crippen LogP contribution in [0.4, 0.5) is 14.5 Å². The van der Waals surface area contributed by atoms with Crippen LogP contribution in [0.2, 0.25) is 10.3 Å². The van der Waals surface area contributed by atoms with E-state index in [0.29, 0.717) is 11.3 Å². The summed E-state index contributed by atoms with van der Waals surface area (Å²) in [6, 6.07) is 7.11. The molecule has 8 heteroatoms. The number of hydrogen-bond donors (Lipinski definition) is 1. The average molecular weight is 347 g/mol. The van der Waals surface area contributed by atoms with Crippen molar-refractivity contribution in [2.45, 2.75) is 13.5 Å². The summed E-state index contributed by atoms with van der Waals surface area (Å²) in [5.41, 5.74) is 1.02. The molecular formula is C14H10Cl2F2N2O2. The Morgan fingerprint density at radius 3 is 2.45 bits per heavy atom. The first-order chi connectivity index (χ1) is 10.3. The minimum absolute atomic E-state index is 0.0152. The zero-order chi connectivity index (χ0) is 16.3. The van der Waals surface area contributed by atoms with Crippen molar-refractivity contribution in [2.24, 2.45) is 0 Å². The first kappa shape index (κ1) is 16.5. The van der Waals surface area contributed by atoms with Crippen LogP contribution in [0.15, 0.2) is 30.3 Å². The van der Waals surface area contributed by atoms with Gasteiger partial charge < -0.3 is 10.1 Å². The lowest BCUT2D eigenvalue weighted by Gasteiger charge is -2.11. The van der Waals surface area contributed by atoms with Crippen molar-refractivity contribution < 1.29 is 18.3 Å². The summed E-state index contributed by atoms with van der Waals surface area (Å²) in [7, 11) is 0. The zero-order valence-electron chi connectivity index (χ0n) is 11.2. The van der Waals surface area contributed by atoms with Gasteiger partial charge in [0.1, 0.15) is 16.1 Å². The van der Waals surface area contributed by atoms with E-state index in [1.165, 1.54) is 18.2 Å². The molecule has 4 nitrogen and oxygen atoms in total. The Bertz CT molecular complexity index is 691. The van der Waals surface area contributed by atoms with Gasteiger partial charge in [-0.1, -0.05) is 29.3 Å². The third-order valence-electron chi connectivity index (χ3n) is 2.69. The van der Waals surface area contributed by atoms with Gasteiger partial charge in [-0.2, -0.15) is 8.78 Å². The summed E-state index contributed by atoms with van der Waals surface area (Å²) in [6.07, 6.45) is 0. The Morgan fingerprint density at radius 1 is 1.23 bits per heavy atom. The highest BCUT2D eigenvalue weighted by Gasteiger charge is 2.12. The van der Waals surface area contributed by atoms with Crippen LogP contribution < -0.4 is 10.1 Å². The molecule has 116 valence electrons. The number of benzene rings is 1. The van der Waals surface area contributed by atoms with E-state index in [-0.39, 0.29) is 21.6 Å². The standard InChI is InChI=1S/C14H10Cl2F2N2O2/c1-7-2-3-9(6-10(7)22-14(17)18)19-13(21)8-4-11(15)20-12(16)5-8/h2-6,14H,1H3,(H,19,21). The predicted molar refractivity (Wildman–Crippen MR) is 80.0 cm³/mol. The van der Waals surface area contributed by atoms with Crippen LogP contribution in [-0.4, -0.2) is 17.5 Å². The summed E-state index contributed by atoms with van der Waals surface area (Å²) in [5.74, 6) is -0.517. The van der Waals surface area contributed by atoms with Gasteiger partial charge in [-0.05, 0) is 30.7 Å². The summed E-state index contributed by atoms with van der Waals surface area (Å²) in [5, 5.41) is 2.69. The highest BCUT2D eigenvalue weighted by atomic mass is 35.5. The van der Waals surface area contributed by atoms with Gasteiger partial charge in [0.15, 0.2) is 0 Å². The number of carbonyl (C=O) groups excluding carboxylic acids is 1. The van der Waals surface area contributed by atoms with Gasteiger partial charge >= 0.3 is 6.61 Å². The summed E-state index contributed by atoms with van der Waals surface area (Å²) in [4.78, 5) is 15.8. The maximum Gasteiger partial charge on any atom is 0.387 e. The Labute approximate surface area is 135 Å². The molecule has 1 aromatic carbocycles. The lowest BCUT2D eigenvalue weighted by Crippen LogP contribution is -2.12. The first-order valence-corrected chi connectivity index (χ1v) is 6.80. The van der Waals surface area contributed by atoms with Crippen molar-refractivity contribution in [1.82, 2.24) is 4.98 Å². The van der Waals surface area contributed by atoms with Gasteiger partial charge in [-0.15, -0.1) is 0 Å². The minimum Gasteiger partial charge on any atom is -0.434 e. The van der Waals surface area contributed by atoms with E-state index in [4.69, 9.17) is 23.2 Å². The fourth-order valence-electron chi connectivity index (χ4n) is 1.70. The number of carbonyl (C=O) groups is 1.